The Hall–Kier alpha value is -2.79. The van der Waals surface area contributed by atoms with E-state index in [1.807, 2.05) is 23.7 Å². The number of aromatic nitrogens is 3. The fraction of sp³-hybridized carbons (Fsp3) is 0.318. The number of H-pyrrole nitrogens is 1. The maximum Gasteiger partial charge on any atom is 0.224 e. The van der Waals surface area contributed by atoms with Gasteiger partial charge in [0, 0.05) is 42.7 Å². The first kappa shape index (κ1) is 21.1. The summed E-state index contributed by atoms with van der Waals surface area (Å²) in [6.45, 7) is 4.36. The molecule has 1 aliphatic heterocycles. The van der Waals surface area contributed by atoms with Gasteiger partial charge in [0.25, 0.3) is 0 Å². The predicted molar refractivity (Wildman–Crippen MR) is 128 cm³/mol. The Balaban J connectivity index is 1.66. The zero-order valence-electron chi connectivity index (χ0n) is 17.6. The summed E-state index contributed by atoms with van der Waals surface area (Å²) in [4.78, 5) is 12.7. The van der Waals surface area contributed by atoms with Crippen LogP contribution in [0.1, 0.15) is 12.0 Å². The highest BCUT2D eigenvalue weighted by molar-refractivity contribution is 7.70. The van der Waals surface area contributed by atoms with Crippen molar-refractivity contribution in [3.63, 3.8) is 0 Å². The van der Waals surface area contributed by atoms with Crippen LogP contribution in [0.5, 0.6) is 0 Å². The van der Waals surface area contributed by atoms with Crippen molar-refractivity contribution in [3.05, 3.63) is 35.3 Å². The third-order valence-electron chi connectivity index (χ3n) is 5.68. The van der Waals surface area contributed by atoms with Crippen LogP contribution in [0.2, 0.25) is 0 Å². The maximum absolute atomic E-state index is 13.8. The van der Waals surface area contributed by atoms with Gasteiger partial charge in [-0.3, -0.25) is 0 Å². The van der Waals surface area contributed by atoms with Gasteiger partial charge in [0.2, 0.25) is 5.95 Å². The number of benzene rings is 1. The van der Waals surface area contributed by atoms with Gasteiger partial charge in [-0.05, 0) is 30.8 Å². The van der Waals surface area contributed by atoms with E-state index >= 15 is 0 Å². The lowest BCUT2D eigenvalue weighted by molar-refractivity contribution is 0.254. The number of halogens is 1. The van der Waals surface area contributed by atoms with Crippen LogP contribution in [-0.2, 0) is 4.57 Å². The van der Waals surface area contributed by atoms with Crippen molar-refractivity contribution in [2.45, 2.75) is 18.6 Å². The molecule has 3 aromatic heterocycles. The molecule has 2 atom stereocenters. The lowest BCUT2D eigenvalue weighted by Gasteiger charge is -2.26. The molecule has 0 radical (unpaired) electrons. The number of anilines is 1. The number of aromatic amines is 1. The summed E-state index contributed by atoms with van der Waals surface area (Å²) in [5.41, 5.74) is 3.51. The average molecular weight is 468 g/mol. The molecule has 164 valence electrons. The van der Waals surface area contributed by atoms with E-state index < -0.39 is 13.3 Å². The van der Waals surface area contributed by atoms with E-state index in [4.69, 9.17) is 4.98 Å². The molecule has 0 unspecified atom stereocenters. The first-order valence-corrected chi connectivity index (χ1v) is 13.8. The highest BCUT2D eigenvalue weighted by Gasteiger charge is 2.25. The fourth-order valence-corrected chi connectivity index (χ4v) is 6.58. The Morgan fingerprint density at radius 3 is 2.88 bits per heavy atom. The SMILES string of the molecule is CP(C)(=O)c1c(C#N)ccc2c(-c3nc(N[C@@H]4CNC[C@@H](F)C4)nc4ccsc34)c[nH]c12. The van der Waals surface area contributed by atoms with Crippen molar-refractivity contribution >= 4 is 50.9 Å². The Kier molecular flexibility index (Phi) is 5.25. The van der Waals surface area contributed by atoms with Crippen molar-refractivity contribution < 1.29 is 8.96 Å². The Labute approximate surface area is 188 Å². The molecule has 1 saturated heterocycles. The number of piperidine rings is 1. The highest BCUT2D eigenvalue weighted by Crippen LogP contribution is 2.42. The van der Waals surface area contributed by atoms with Gasteiger partial charge in [0.05, 0.1) is 38.4 Å². The summed E-state index contributed by atoms with van der Waals surface area (Å²) >= 11 is 1.55. The third kappa shape index (κ3) is 3.69. The van der Waals surface area contributed by atoms with Gasteiger partial charge in [0.15, 0.2) is 0 Å². The van der Waals surface area contributed by atoms with E-state index in [1.165, 1.54) is 0 Å². The molecule has 1 fully saturated rings. The van der Waals surface area contributed by atoms with Gasteiger partial charge in [-0.15, -0.1) is 11.3 Å². The molecule has 3 N–H and O–H groups in total. The fourth-order valence-electron chi connectivity index (χ4n) is 4.32. The molecule has 5 rings (SSSR count). The lowest BCUT2D eigenvalue weighted by atomic mass is 10.1. The molecule has 0 spiro atoms. The smallest absolute Gasteiger partial charge is 0.224 e. The maximum atomic E-state index is 13.8. The molecular formula is C22H22FN6OPS. The van der Waals surface area contributed by atoms with E-state index in [0.717, 1.165) is 26.9 Å². The molecule has 7 nitrogen and oxygen atoms in total. The predicted octanol–water partition coefficient (Wildman–Crippen LogP) is 4.07. The van der Waals surface area contributed by atoms with Gasteiger partial charge >= 0.3 is 0 Å². The molecular weight excluding hydrogens is 446 g/mol. The second kappa shape index (κ2) is 7.96. The quantitative estimate of drug-likeness (QED) is 0.390. The topological polar surface area (TPSA) is 106 Å². The Morgan fingerprint density at radius 2 is 2.12 bits per heavy atom. The number of nitrogens with one attached hydrogen (secondary N) is 3. The van der Waals surface area contributed by atoms with Gasteiger partial charge in [-0.25, -0.2) is 14.4 Å². The normalized spacial score (nSPS) is 19.3. The number of nitriles is 1. The van der Waals surface area contributed by atoms with E-state index in [-0.39, 0.29) is 6.04 Å². The molecule has 10 heteroatoms. The molecule has 0 bridgehead atoms. The van der Waals surface area contributed by atoms with Crippen molar-refractivity contribution in [2.75, 3.05) is 31.7 Å². The largest absolute Gasteiger partial charge is 0.360 e. The molecule has 4 aromatic rings. The molecule has 0 amide bonds. The van der Waals surface area contributed by atoms with Gasteiger partial charge in [-0.1, -0.05) is 6.07 Å². The number of nitrogens with zero attached hydrogens (tertiary/aromatic N) is 3. The summed E-state index contributed by atoms with van der Waals surface area (Å²) in [5.74, 6) is 0.451. The van der Waals surface area contributed by atoms with E-state index in [1.54, 1.807) is 30.7 Å². The minimum atomic E-state index is -2.71. The highest BCUT2D eigenvalue weighted by atomic mass is 32.1. The monoisotopic (exact) mass is 468 g/mol. The second-order valence-electron chi connectivity index (χ2n) is 8.41. The molecule has 4 heterocycles. The molecule has 0 aliphatic carbocycles. The number of hydrogen-bond acceptors (Lipinski definition) is 7. The van der Waals surface area contributed by atoms with E-state index in [2.05, 4.69) is 26.7 Å². The summed E-state index contributed by atoms with van der Waals surface area (Å²) in [6, 6.07) is 7.59. The minimum absolute atomic E-state index is 0.0958. The van der Waals surface area contributed by atoms with Crippen LogP contribution in [0.3, 0.4) is 0 Å². The lowest BCUT2D eigenvalue weighted by Crippen LogP contribution is -2.44. The van der Waals surface area contributed by atoms with Crippen LogP contribution >= 0.6 is 18.5 Å². The number of fused-ring (bicyclic) bond motifs is 2. The molecule has 1 aromatic carbocycles. The Morgan fingerprint density at radius 1 is 1.28 bits per heavy atom. The standard InChI is InChI=1S/C22H22FN6OPS/c1-31(2,30)20-12(8-24)3-4-15-16(11-26-18(15)20)19-21-17(5-6-32-21)28-22(29-19)27-14-7-13(23)9-25-10-14/h3-6,11,13-14,25-26H,7,9-10H2,1-2H3,(H,27,28,29)/t13-,14-/m0/s1. The Bertz CT molecular complexity index is 1420. The summed E-state index contributed by atoms with van der Waals surface area (Å²) in [7, 11) is -2.71. The van der Waals surface area contributed by atoms with Crippen LogP contribution < -0.4 is 15.9 Å². The average Bonchev–Trinajstić information content (AvgIpc) is 3.38. The van der Waals surface area contributed by atoms with Crippen LogP contribution in [0.25, 0.3) is 32.4 Å². The minimum Gasteiger partial charge on any atom is -0.360 e. The number of rotatable bonds is 4. The van der Waals surface area contributed by atoms with Crippen LogP contribution in [0.15, 0.2) is 29.8 Å². The van der Waals surface area contributed by atoms with Crippen molar-refractivity contribution in [2.24, 2.45) is 0 Å². The zero-order chi connectivity index (χ0) is 22.5. The number of thiophene rings is 1. The number of hydrogen-bond donors (Lipinski definition) is 3. The van der Waals surface area contributed by atoms with Gasteiger partial charge in [-0.2, -0.15) is 5.26 Å². The first-order chi connectivity index (χ1) is 15.3. The molecule has 1 aliphatic rings. The van der Waals surface area contributed by atoms with Crippen LogP contribution in [-0.4, -0.2) is 53.6 Å². The van der Waals surface area contributed by atoms with Crippen molar-refractivity contribution in [1.82, 2.24) is 20.3 Å². The van der Waals surface area contributed by atoms with Gasteiger partial charge < -0.3 is 20.2 Å². The second-order valence-corrected chi connectivity index (χ2v) is 12.5. The third-order valence-corrected chi connectivity index (χ3v) is 8.13. The van der Waals surface area contributed by atoms with Crippen molar-refractivity contribution in [1.29, 1.82) is 5.26 Å². The molecule has 32 heavy (non-hydrogen) atoms. The van der Waals surface area contributed by atoms with Crippen molar-refractivity contribution in [3.8, 4) is 17.3 Å². The first-order valence-electron chi connectivity index (χ1n) is 10.3. The van der Waals surface area contributed by atoms with Crippen LogP contribution in [0.4, 0.5) is 10.3 Å². The molecule has 0 saturated carbocycles. The van der Waals surface area contributed by atoms with Crippen LogP contribution in [0, 0.1) is 11.3 Å². The van der Waals surface area contributed by atoms with E-state index in [9.17, 15) is 14.2 Å². The summed E-state index contributed by atoms with van der Waals surface area (Å²) < 4.78 is 27.7. The van der Waals surface area contributed by atoms with Gasteiger partial charge in [0.1, 0.15) is 13.3 Å². The zero-order valence-corrected chi connectivity index (χ0v) is 19.4. The summed E-state index contributed by atoms with van der Waals surface area (Å²) in [5, 5.41) is 19.3. The number of alkyl halides is 1. The summed E-state index contributed by atoms with van der Waals surface area (Å²) in [6.07, 6.45) is 1.35. The van der Waals surface area contributed by atoms with E-state index in [0.29, 0.717) is 41.8 Å².